The maximum atomic E-state index is 13.3. The van der Waals surface area contributed by atoms with Gasteiger partial charge in [0.1, 0.15) is 30.1 Å². The molecule has 5 rings (SSSR count). The van der Waals surface area contributed by atoms with Crippen molar-refractivity contribution in [2.75, 3.05) is 13.8 Å². The van der Waals surface area contributed by atoms with Crippen molar-refractivity contribution >= 4 is 22.6 Å². The molecule has 0 bridgehead atoms. The summed E-state index contributed by atoms with van der Waals surface area (Å²) in [5.74, 6) is 1.36. The molecule has 0 N–H and O–H groups in total. The number of hydrogen-bond donors (Lipinski definition) is 0. The number of methoxy groups -OCH3 is 1. The van der Waals surface area contributed by atoms with Gasteiger partial charge in [-0.1, -0.05) is 48.0 Å². The van der Waals surface area contributed by atoms with Gasteiger partial charge >= 0.3 is 0 Å². The Labute approximate surface area is 184 Å². The van der Waals surface area contributed by atoms with Gasteiger partial charge in [-0.2, -0.15) is 0 Å². The van der Waals surface area contributed by atoms with Crippen LogP contribution < -0.4 is 14.9 Å². The predicted molar refractivity (Wildman–Crippen MR) is 121 cm³/mol. The second-order valence-electron chi connectivity index (χ2n) is 7.45. The molecule has 31 heavy (non-hydrogen) atoms. The van der Waals surface area contributed by atoms with Crippen LogP contribution in [-0.2, 0) is 13.1 Å². The minimum atomic E-state index is -0.100. The Morgan fingerprint density at radius 2 is 1.84 bits per heavy atom. The van der Waals surface area contributed by atoms with Gasteiger partial charge in [0.05, 0.1) is 23.6 Å². The van der Waals surface area contributed by atoms with Gasteiger partial charge < -0.3 is 13.9 Å². The quantitative estimate of drug-likeness (QED) is 0.427. The number of hydrogen-bond acceptors (Lipinski definition) is 5. The Kier molecular flexibility index (Phi) is 5.14. The zero-order chi connectivity index (χ0) is 21.4. The molecule has 0 saturated heterocycles. The molecule has 0 amide bonds. The van der Waals surface area contributed by atoms with E-state index in [4.69, 9.17) is 25.5 Å². The second-order valence-corrected chi connectivity index (χ2v) is 7.86. The topological polar surface area (TPSA) is 51.9 Å². The fourth-order valence-electron chi connectivity index (χ4n) is 3.98. The third kappa shape index (κ3) is 3.56. The van der Waals surface area contributed by atoms with Crippen molar-refractivity contribution < 1.29 is 13.9 Å². The highest BCUT2D eigenvalue weighted by Gasteiger charge is 2.23. The van der Waals surface area contributed by atoms with E-state index >= 15 is 0 Å². The molecule has 4 aromatic rings. The van der Waals surface area contributed by atoms with Gasteiger partial charge in [0.15, 0.2) is 0 Å². The third-order valence-electron chi connectivity index (χ3n) is 5.53. The molecular weight excluding hydrogens is 414 g/mol. The first kappa shape index (κ1) is 19.7. The zero-order valence-electron chi connectivity index (χ0n) is 16.9. The molecule has 0 radical (unpaired) electrons. The number of ether oxygens (including phenoxy) is 2. The van der Waals surface area contributed by atoms with Gasteiger partial charge in [-0.15, -0.1) is 0 Å². The van der Waals surface area contributed by atoms with E-state index in [0.29, 0.717) is 47.7 Å². The Hall–Kier alpha value is -3.28. The van der Waals surface area contributed by atoms with E-state index in [0.717, 1.165) is 21.9 Å². The van der Waals surface area contributed by atoms with Crippen LogP contribution in [0.5, 0.6) is 11.5 Å². The molecule has 0 saturated carbocycles. The smallest absolute Gasteiger partial charge is 0.200 e. The first-order valence-electron chi connectivity index (χ1n) is 9.95. The van der Waals surface area contributed by atoms with E-state index in [9.17, 15) is 4.79 Å². The van der Waals surface area contributed by atoms with Crippen molar-refractivity contribution in [3.63, 3.8) is 0 Å². The second kappa shape index (κ2) is 8.10. The van der Waals surface area contributed by atoms with Crippen molar-refractivity contribution in [2.24, 2.45) is 0 Å². The van der Waals surface area contributed by atoms with E-state index < -0.39 is 0 Å². The molecule has 2 heterocycles. The van der Waals surface area contributed by atoms with Crippen molar-refractivity contribution in [3.05, 3.63) is 93.3 Å². The van der Waals surface area contributed by atoms with Gasteiger partial charge in [0, 0.05) is 23.7 Å². The van der Waals surface area contributed by atoms with Gasteiger partial charge in [-0.05, 0) is 29.8 Å². The molecule has 1 aliphatic heterocycles. The summed E-state index contributed by atoms with van der Waals surface area (Å²) in [7, 11) is 1.59. The first-order chi connectivity index (χ1) is 15.2. The van der Waals surface area contributed by atoms with Crippen molar-refractivity contribution in [1.82, 2.24) is 4.90 Å². The number of rotatable bonds is 4. The SMILES string of the molecule is COc1ccccc1-c1coc2c3c(ccc2c1=O)OCN(Cc1ccccc1Cl)C3. The highest BCUT2D eigenvalue weighted by Crippen LogP contribution is 2.34. The first-order valence-corrected chi connectivity index (χ1v) is 10.3. The molecule has 0 spiro atoms. The molecule has 5 nitrogen and oxygen atoms in total. The number of para-hydroxylation sites is 1. The minimum absolute atomic E-state index is 0.100. The van der Waals surface area contributed by atoms with Crippen LogP contribution in [-0.4, -0.2) is 18.7 Å². The van der Waals surface area contributed by atoms with Gasteiger partial charge in [-0.3, -0.25) is 9.69 Å². The van der Waals surface area contributed by atoms with Crippen LogP contribution in [0.1, 0.15) is 11.1 Å². The Morgan fingerprint density at radius 1 is 1.03 bits per heavy atom. The summed E-state index contributed by atoms with van der Waals surface area (Å²) in [6, 6.07) is 18.8. The fourth-order valence-corrected chi connectivity index (χ4v) is 4.17. The molecule has 0 fully saturated rings. The van der Waals surface area contributed by atoms with Crippen LogP contribution in [0.2, 0.25) is 5.02 Å². The van der Waals surface area contributed by atoms with Crippen LogP contribution in [0.4, 0.5) is 0 Å². The zero-order valence-corrected chi connectivity index (χ0v) is 17.7. The number of halogens is 1. The Balaban J connectivity index is 1.55. The van der Waals surface area contributed by atoms with Gasteiger partial charge in [0.25, 0.3) is 0 Å². The molecular formula is C25H20ClNO4. The molecule has 3 aromatic carbocycles. The monoisotopic (exact) mass is 433 g/mol. The number of nitrogens with zero attached hydrogens (tertiary/aromatic N) is 1. The largest absolute Gasteiger partial charge is 0.496 e. The van der Waals surface area contributed by atoms with Crippen LogP contribution >= 0.6 is 11.6 Å². The van der Waals surface area contributed by atoms with Crippen LogP contribution in [0.3, 0.4) is 0 Å². The summed E-state index contributed by atoms with van der Waals surface area (Å²) >= 11 is 6.32. The van der Waals surface area contributed by atoms with Crippen molar-refractivity contribution in [2.45, 2.75) is 13.1 Å². The highest BCUT2D eigenvalue weighted by atomic mass is 35.5. The average molecular weight is 434 g/mol. The lowest BCUT2D eigenvalue weighted by Crippen LogP contribution is -2.31. The van der Waals surface area contributed by atoms with E-state index in [2.05, 4.69) is 4.90 Å². The van der Waals surface area contributed by atoms with Crippen LogP contribution in [0, 0.1) is 0 Å². The summed E-state index contributed by atoms with van der Waals surface area (Å²) in [5.41, 5.74) is 3.50. The minimum Gasteiger partial charge on any atom is -0.496 e. The summed E-state index contributed by atoms with van der Waals surface area (Å²) in [4.78, 5) is 15.4. The molecule has 6 heteroatoms. The van der Waals surface area contributed by atoms with Gasteiger partial charge in [0.2, 0.25) is 5.43 Å². The fraction of sp³-hybridized carbons (Fsp3) is 0.160. The molecule has 0 unspecified atom stereocenters. The molecule has 0 atom stereocenters. The third-order valence-corrected chi connectivity index (χ3v) is 5.90. The van der Waals surface area contributed by atoms with Crippen molar-refractivity contribution in [1.29, 1.82) is 0 Å². The van der Waals surface area contributed by atoms with E-state index in [1.807, 2.05) is 54.6 Å². The van der Waals surface area contributed by atoms with E-state index in [1.54, 1.807) is 13.2 Å². The summed E-state index contributed by atoms with van der Waals surface area (Å²) in [6.07, 6.45) is 1.51. The molecule has 0 aliphatic carbocycles. The Bertz CT molecular complexity index is 1330. The molecule has 156 valence electrons. The van der Waals surface area contributed by atoms with Gasteiger partial charge in [-0.25, -0.2) is 0 Å². The molecule has 1 aliphatic rings. The standard InChI is InChI=1S/C25H20ClNO4/c1-29-22-9-5-3-7-17(22)20-14-30-25-18(24(20)28)10-11-23-19(25)13-27(15-31-23)12-16-6-2-4-8-21(16)26/h2-11,14H,12-13,15H2,1H3. The van der Waals surface area contributed by atoms with E-state index in [-0.39, 0.29) is 5.43 Å². The average Bonchev–Trinajstić information content (AvgIpc) is 2.81. The van der Waals surface area contributed by atoms with Crippen LogP contribution in [0.25, 0.3) is 22.1 Å². The lowest BCUT2D eigenvalue weighted by molar-refractivity contribution is 0.0890. The maximum absolute atomic E-state index is 13.3. The highest BCUT2D eigenvalue weighted by molar-refractivity contribution is 6.31. The van der Waals surface area contributed by atoms with Crippen LogP contribution in [0.15, 0.2) is 76.1 Å². The lowest BCUT2D eigenvalue weighted by Gasteiger charge is -2.29. The number of benzene rings is 3. The Morgan fingerprint density at radius 3 is 2.68 bits per heavy atom. The summed E-state index contributed by atoms with van der Waals surface area (Å²) < 4.78 is 17.4. The molecule has 1 aromatic heterocycles. The van der Waals surface area contributed by atoms with E-state index in [1.165, 1.54) is 6.26 Å². The summed E-state index contributed by atoms with van der Waals surface area (Å²) in [5, 5.41) is 1.24. The maximum Gasteiger partial charge on any atom is 0.200 e. The predicted octanol–water partition coefficient (Wildman–Crippen LogP) is 5.47. The number of fused-ring (bicyclic) bond motifs is 3. The normalized spacial score (nSPS) is 13.6. The summed E-state index contributed by atoms with van der Waals surface area (Å²) in [6.45, 7) is 1.67. The lowest BCUT2D eigenvalue weighted by atomic mass is 10.0. The van der Waals surface area contributed by atoms with Crippen molar-refractivity contribution in [3.8, 4) is 22.6 Å².